The van der Waals surface area contributed by atoms with Crippen LogP contribution in [-0.2, 0) is 0 Å². The van der Waals surface area contributed by atoms with Crippen LogP contribution < -0.4 is 15.4 Å². The van der Waals surface area contributed by atoms with Gasteiger partial charge in [0.25, 0.3) is 0 Å². The number of nitrogen functional groups attached to an aromatic ring is 1. The molecule has 1 unspecified atom stereocenters. The molecule has 1 aliphatic rings. The maximum Gasteiger partial charge on any atom is 0.143 e. The molecular formula is C14H22N2OS. The van der Waals surface area contributed by atoms with Crippen LogP contribution in [0.4, 0.5) is 11.4 Å². The summed E-state index contributed by atoms with van der Waals surface area (Å²) in [5.74, 6) is 0.776. The predicted molar refractivity (Wildman–Crippen MR) is 80.8 cm³/mol. The third kappa shape index (κ3) is 2.86. The smallest absolute Gasteiger partial charge is 0.143 e. The third-order valence-corrected chi connectivity index (χ3v) is 4.75. The van der Waals surface area contributed by atoms with Crippen molar-refractivity contribution in [1.29, 1.82) is 0 Å². The van der Waals surface area contributed by atoms with Crippen LogP contribution in [0.25, 0.3) is 0 Å². The lowest BCUT2D eigenvalue weighted by atomic mass is 10.2. The van der Waals surface area contributed by atoms with E-state index in [1.165, 1.54) is 19.3 Å². The molecule has 2 N–H and O–H groups in total. The summed E-state index contributed by atoms with van der Waals surface area (Å²) >= 11 is 1.99. The van der Waals surface area contributed by atoms with Crippen molar-refractivity contribution < 1.29 is 4.74 Å². The van der Waals surface area contributed by atoms with E-state index in [-0.39, 0.29) is 0 Å². The van der Waals surface area contributed by atoms with E-state index in [0.717, 1.165) is 35.5 Å². The summed E-state index contributed by atoms with van der Waals surface area (Å²) in [7, 11) is 1.67. The normalized spacial score (nSPS) is 20.6. The first-order valence-corrected chi connectivity index (χ1v) is 7.75. The largest absolute Gasteiger partial charge is 0.495 e. The first-order chi connectivity index (χ1) is 8.76. The highest BCUT2D eigenvalue weighted by molar-refractivity contribution is 7.99. The minimum Gasteiger partial charge on any atom is -0.495 e. The maximum atomic E-state index is 6.17. The molecule has 0 saturated carbocycles. The molecule has 0 aromatic heterocycles. The van der Waals surface area contributed by atoms with Gasteiger partial charge in [-0.2, -0.15) is 11.8 Å². The Hall–Kier alpha value is -1.03. The zero-order valence-corrected chi connectivity index (χ0v) is 12.0. The van der Waals surface area contributed by atoms with Crippen molar-refractivity contribution in [3.63, 3.8) is 0 Å². The van der Waals surface area contributed by atoms with Gasteiger partial charge < -0.3 is 15.4 Å². The molecule has 4 heteroatoms. The van der Waals surface area contributed by atoms with Crippen LogP contribution in [0, 0.1) is 0 Å². The van der Waals surface area contributed by atoms with Crippen LogP contribution in [0.1, 0.15) is 19.3 Å². The zero-order chi connectivity index (χ0) is 13.0. The van der Waals surface area contributed by atoms with E-state index >= 15 is 0 Å². The molecule has 1 aromatic rings. The van der Waals surface area contributed by atoms with Crippen LogP contribution in [0.5, 0.6) is 5.75 Å². The van der Waals surface area contributed by atoms with Gasteiger partial charge in [0.15, 0.2) is 0 Å². The lowest BCUT2D eigenvalue weighted by molar-refractivity contribution is 0.417. The van der Waals surface area contributed by atoms with Gasteiger partial charge in [0, 0.05) is 18.3 Å². The predicted octanol–water partition coefficient (Wildman–Crippen LogP) is 3.00. The molecule has 1 atom stereocenters. The molecule has 0 radical (unpaired) electrons. The second-order valence-corrected chi connectivity index (χ2v) is 5.81. The number of anilines is 2. The molecule has 3 nitrogen and oxygen atoms in total. The molecule has 1 aliphatic heterocycles. The molecule has 0 spiro atoms. The van der Waals surface area contributed by atoms with Crippen LogP contribution in [0.3, 0.4) is 0 Å². The van der Waals surface area contributed by atoms with Crippen molar-refractivity contribution >= 4 is 23.1 Å². The molecule has 1 fully saturated rings. The first-order valence-electron chi connectivity index (χ1n) is 6.46. The van der Waals surface area contributed by atoms with Gasteiger partial charge in [0.1, 0.15) is 5.75 Å². The minimum absolute atomic E-state index is 0.766. The number of benzene rings is 1. The van der Waals surface area contributed by atoms with E-state index < -0.39 is 0 Å². The summed E-state index contributed by atoms with van der Waals surface area (Å²) in [6.45, 7) is 2.18. The van der Waals surface area contributed by atoms with E-state index in [1.807, 2.05) is 23.9 Å². The molecule has 1 aromatic carbocycles. The lowest BCUT2D eigenvalue weighted by Crippen LogP contribution is -2.25. The Kier molecular flexibility index (Phi) is 4.64. The van der Waals surface area contributed by atoms with E-state index in [2.05, 4.69) is 17.2 Å². The summed E-state index contributed by atoms with van der Waals surface area (Å²) in [4.78, 5) is 2.40. The number of rotatable bonds is 3. The Morgan fingerprint density at radius 1 is 1.33 bits per heavy atom. The Balaban J connectivity index is 2.16. The fourth-order valence-electron chi connectivity index (χ4n) is 2.53. The van der Waals surface area contributed by atoms with Crippen molar-refractivity contribution in [2.24, 2.45) is 0 Å². The van der Waals surface area contributed by atoms with Gasteiger partial charge >= 0.3 is 0 Å². The topological polar surface area (TPSA) is 38.5 Å². The summed E-state index contributed by atoms with van der Waals surface area (Å²) in [6, 6.07) is 6.03. The highest BCUT2D eigenvalue weighted by Gasteiger charge is 2.18. The summed E-state index contributed by atoms with van der Waals surface area (Å²) in [5, 5.41) is 0.793. The molecule has 2 rings (SSSR count). The van der Waals surface area contributed by atoms with Crippen molar-refractivity contribution in [2.45, 2.75) is 24.5 Å². The van der Waals surface area contributed by atoms with Gasteiger partial charge in [0.2, 0.25) is 0 Å². The van der Waals surface area contributed by atoms with Gasteiger partial charge in [-0.3, -0.25) is 0 Å². The number of ether oxygens (including phenoxy) is 1. The lowest BCUT2D eigenvalue weighted by Gasteiger charge is -2.25. The minimum atomic E-state index is 0.766. The number of hydrogen-bond donors (Lipinski definition) is 1. The summed E-state index contributed by atoms with van der Waals surface area (Å²) in [5.41, 5.74) is 8.06. The molecule has 18 heavy (non-hydrogen) atoms. The molecule has 1 saturated heterocycles. The van der Waals surface area contributed by atoms with Crippen molar-refractivity contribution in [2.75, 3.05) is 37.1 Å². The third-order valence-electron chi connectivity index (χ3n) is 3.61. The quantitative estimate of drug-likeness (QED) is 0.854. The fourth-order valence-corrected chi connectivity index (χ4v) is 3.27. The Morgan fingerprint density at radius 3 is 2.89 bits per heavy atom. The van der Waals surface area contributed by atoms with Crippen LogP contribution in [-0.4, -0.2) is 31.7 Å². The van der Waals surface area contributed by atoms with E-state index in [9.17, 15) is 0 Å². The molecule has 100 valence electrons. The molecule has 1 heterocycles. The average Bonchev–Trinajstić information content (AvgIpc) is 2.64. The van der Waals surface area contributed by atoms with Crippen molar-refractivity contribution in [1.82, 2.24) is 0 Å². The second kappa shape index (κ2) is 6.23. The molecular weight excluding hydrogens is 244 g/mol. The number of nitrogens with two attached hydrogens (primary N) is 1. The maximum absolute atomic E-state index is 6.17. The van der Waals surface area contributed by atoms with Crippen LogP contribution in [0.2, 0.25) is 0 Å². The van der Waals surface area contributed by atoms with Gasteiger partial charge in [-0.15, -0.1) is 0 Å². The van der Waals surface area contributed by atoms with Gasteiger partial charge in [-0.1, -0.05) is 6.07 Å². The zero-order valence-electron chi connectivity index (χ0n) is 11.2. The van der Waals surface area contributed by atoms with Gasteiger partial charge in [0.05, 0.1) is 18.5 Å². The number of nitrogens with zero attached hydrogens (tertiary/aromatic N) is 1. The molecule has 0 aliphatic carbocycles. The van der Waals surface area contributed by atoms with Gasteiger partial charge in [-0.05, 0) is 37.7 Å². The highest BCUT2D eigenvalue weighted by atomic mass is 32.2. The van der Waals surface area contributed by atoms with E-state index in [0.29, 0.717) is 0 Å². The molecule has 0 amide bonds. The van der Waals surface area contributed by atoms with E-state index in [4.69, 9.17) is 10.5 Å². The fraction of sp³-hybridized carbons (Fsp3) is 0.571. The van der Waals surface area contributed by atoms with Crippen molar-refractivity contribution in [3.05, 3.63) is 18.2 Å². The van der Waals surface area contributed by atoms with Crippen LogP contribution in [0.15, 0.2) is 18.2 Å². The van der Waals surface area contributed by atoms with Crippen molar-refractivity contribution in [3.8, 4) is 5.75 Å². The standard InChI is InChI=1S/C14H22N2OS/c1-17-13-7-3-6-12(14(13)15)16-9-4-5-11(18-2)8-10-16/h3,6-7,11H,4-5,8-10,15H2,1-2H3. The number of hydrogen-bond acceptors (Lipinski definition) is 4. The first kappa shape index (κ1) is 13.4. The Bertz CT molecular complexity index is 397. The summed E-state index contributed by atoms with van der Waals surface area (Å²) in [6.07, 6.45) is 5.99. The average molecular weight is 266 g/mol. The van der Waals surface area contributed by atoms with E-state index in [1.54, 1.807) is 7.11 Å². The van der Waals surface area contributed by atoms with Gasteiger partial charge in [-0.25, -0.2) is 0 Å². The number of para-hydroxylation sites is 1. The Morgan fingerprint density at radius 2 is 2.17 bits per heavy atom. The second-order valence-electron chi connectivity index (χ2n) is 4.67. The highest BCUT2D eigenvalue weighted by Crippen LogP contribution is 2.34. The Labute approximate surface area is 114 Å². The summed E-state index contributed by atoms with van der Waals surface area (Å²) < 4.78 is 5.29. The van der Waals surface area contributed by atoms with Crippen LogP contribution >= 0.6 is 11.8 Å². The monoisotopic (exact) mass is 266 g/mol. The number of thioether (sulfide) groups is 1. The number of methoxy groups -OCH3 is 1. The molecule has 0 bridgehead atoms. The SMILES string of the molecule is COc1cccc(N2CCCC(SC)CC2)c1N.